The average Bonchev–Trinajstić information content (AvgIpc) is 1.65. The Morgan fingerprint density at radius 2 is 2.38 bits per heavy atom. The highest BCUT2D eigenvalue weighted by molar-refractivity contribution is 5.80. The van der Waals surface area contributed by atoms with Gasteiger partial charge in [0.2, 0.25) is 0 Å². The standard InChI is InChI=1S/C5H7FO2/c1-2-4(6)3-5(7)8/h3H,2H2,1H3,(H,7,8)/b4-3-. The van der Waals surface area contributed by atoms with Crippen molar-refractivity contribution in [1.82, 2.24) is 0 Å². The molecule has 0 fully saturated rings. The maximum absolute atomic E-state index is 11.9. The molecular weight excluding hydrogens is 111 g/mol. The fourth-order valence-electron chi connectivity index (χ4n) is 0.236. The molecule has 3 heteroatoms. The molecule has 46 valence electrons. The summed E-state index contributed by atoms with van der Waals surface area (Å²) in [7, 11) is 0. The van der Waals surface area contributed by atoms with Crippen LogP contribution in [0.1, 0.15) is 13.3 Å². The van der Waals surface area contributed by atoms with Crippen LogP contribution < -0.4 is 0 Å². The minimum atomic E-state index is -1.23. The summed E-state index contributed by atoms with van der Waals surface area (Å²) in [5.74, 6) is -1.83. The Kier molecular flexibility index (Phi) is 2.84. The van der Waals surface area contributed by atoms with Crippen molar-refractivity contribution in [1.29, 1.82) is 0 Å². The summed E-state index contributed by atoms with van der Waals surface area (Å²) in [6.45, 7) is 1.55. The van der Waals surface area contributed by atoms with Crippen molar-refractivity contribution in [3.8, 4) is 0 Å². The van der Waals surface area contributed by atoms with E-state index in [4.69, 9.17) is 5.11 Å². The SMILES string of the molecule is CC/C(F)=C/C(=O)O. The van der Waals surface area contributed by atoms with Gasteiger partial charge < -0.3 is 5.11 Å². The van der Waals surface area contributed by atoms with E-state index in [1.807, 2.05) is 0 Å². The lowest BCUT2D eigenvalue weighted by molar-refractivity contribution is -0.131. The van der Waals surface area contributed by atoms with E-state index < -0.39 is 11.8 Å². The van der Waals surface area contributed by atoms with E-state index in [0.717, 1.165) is 0 Å². The van der Waals surface area contributed by atoms with E-state index >= 15 is 0 Å². The molecule has 1 N–H and O–H groups in total. The van der Waals surface area contributed by atoms with Crippen LogP contribution in [0.4, 0.5) is 4.39 Å². The van der Waals surface area contributed by atoms with Gasteiger partial charge in [-0.25, -0.2) is 9.18 Å². The van der Waals surface area contributed by atoms with Gasteiger partial charge >= 0.3 is 5.97 Å². The monoisotopic (exact) mass is 118 g/mol. The topological polar surface area (TPSA) is 37.3 Å². The van der Waals surface area contributed by atoms with Crippen LogP contribution >= 0.6 is 0 Å². The molecule has 0 amide bonds. The van der Waals surface area contributed by atoms with Crippen LogP contribution in [-0.2, 0) is 4.79 Å². The highest BCUT2D eigenvalue weighted by Gasteiger charge is 1.92. The third kappa shape index (κ3) is 3.33. The average molecular weight is 118 g/mol. The van der Waals surface area contributed by atoms with Gasteiger partial charge in [0, 0.05) is 0 Å². The zero-order valence-electron chi connectivity index (χ0n) is 4.52. The lowest BCUT2D eigenvalue weighted by Gasteiger charge is -1.82. The van der Waals surface area contributed by atoms with Crippen molar-refractivity contribution in [3.63, 3.8) is 0 Å². The Balaban J connectivity index is 3.75. The predicted molar refractivity (Wildman–Crippen MR) is 27.1 cm³/mol. The summed E-state index contributed by atoms with van der Waals surface area (Å²) in [6, 6.07) is 0. The van der Waals surface area contributed by atoms with Gasteiger partial charge in [-0.15, -0.1) is 0 Å². The molecule has 0 aliphatic heterocycles. The number of carboxylic acid groups (broad SMARTS) is 1. The molecule has 0 saturated heterocycles. The van der Waals surface area contributed by atoms with Gasteiger partial charge in [-0.3, -0.25) is 0 Å². The van der Waals surface area contributed by atoms with Crippen molar-refractivity contribution in [2.45, 2.75) is 13.3 Å². The largest absolute Gasteiger partial charge is 0.478 e. The quantitative estimate of drug-likeness (QED) is 0.555. The van der Waals surface area contributed by atoms with Crippen LogP contribution in [0.25, 0.3) is 0 Å². The van der Waals surface area contributed by atoms with Crippen LogP contribution in [-0.4, -0.2) is 11.1 Å². The normalized spacial score (nSPS) is 11.5. The number of rotatable bonds is 2. The Hall–Kier alpha value is -0.860. The number of halogens is 1. The van der Waals surface area contributed by atoms with Gasteiger partial charge in [-0.2, -0.15) is 0 Å². The summed E-state index contributed by atoms with van der Waals surface area (Å²) in [4.78, 5) is 9.65. The molecule has 0 unspecified atom stereocenters. The van der Waals surface area contributed by atoms with Crippen LogP contribution in [0.15, 0.2) is 11.9 Å². The molecule has 2 nitrogen and oxygen atoms in total. The fourth-order valence-corrected chi connectivity index (χ4v) is 0.236. The Morgan fingerprint density at radius 3 is 2.50 bits per heavy atom. The van der Waals surface area contributed by atoms with Crippen LogP contribution in [0.5, 0.6) is 0 Å². The number of hydrogen-bond donors (Lipinski definition) is 1. The Bertz CT molecular complexity index is 118. The molecule has 0 aromatic heterocycles. The maximum atomic E-state index is 11.9. The van der Waals surface area contributed by atoms with Gasteiger partial charge in [-0.1, -0.05) is 6.92 Å². The molecular formula is C5H7FO2. The zero-order chi connectivity index (χ0) is 6.57. The zero-order valence-corrected chi connectivity index (χ0v) is 4.52. The molecule has 0 aromatic carbocycles. The van der Waals surface area contributed by atoms with Crippen molar-refractivity contribution in [3.05, 3.63) is 11.9 Å². The summed E-state index contributed by atoms with van der Waals surface area (Å²) in [5, 5.41) is 7.90. The van der Waals surface area contributed by atoms with Crippen molar-refractivity contribution in [2.75, 3.05) is 0 Å². The molecule has 0 heterocycles. The van der Waals surface area contributed by atoms with Gasteiger partial charge in [0.25, 0.3) is 0 Å². The number of carboxylic acids is 1. The second kappa shape index (κ2) is 3.18. The minimum Gasteiger partial charge on any atom is -0.478 e. The van der Waals surface area contributed by atoms with E-state index in [0.29, 0.717) is 6.08 Å². The minimum absolute atomic E-state index is 0.145. The molecule has 0 radical (unpaired) electrons. The molecule has 0 bridgehead atoms. The Labute approximate surface area is 46.6 Å². The van der Waals surface area contributed by atoms with E-state index in [2.05, 4.69) is 0 Å². The fraction of sp³-hybridized carbons (Fsp3) is 0.400. The summed E-state index contributed by atoms with van der Waals surface area (Å²) < 4.78 is 11.9. The first-order valence-corrected chi connectivity index (χ1v) is 2.25. The highest BCUT2D eigenvalue weighted by atomic mass is 19.1. The molecule has 0 atom stereocenters. The van der Waals surface area contributed by atoms with E-state index in [9.17, 15) is 9.18 Å². The van der Waals surface area contributed by atoms with Crippen molar-refractivity contribution in [2.24, 2.45) is 0 Å². The van der Waals surface area contributed by atoms with Crippen molar-refractivity contribution >= 4 is 5.97 Å². The van der Waals surface area contributed by atoms with Crippen LogP contribution in [0.2, 0.25) is 0 Å². The summed E-state index contributed by atoms with van der Waals surface area (Å²) in [5.41, 5.74) is 0. The number of allylic oxidation sites excluding steroid dienone is 1. The first-order valence-electron chi connectivity index (χ1n) is 2.25. The number of hydrogen-bond acceptors (Lipinski definition) is 1. The first-order chi connectivity index (χ1) is 3.66. The highest BCUT2D eigenvalue weighted by Crippen LogP contribution is 1.99. The van der Waals surface area contributed by atoms with Crippen LogP contribution in [0.3, 0.4) is 0 Å². The van der Waals surface area contributed by atoms with Gasteiger partial charge in [0.15, 0.2) is 0 Å². The second-order valence-corrected chi connectivity index (χ2v) is 1.28. The van der Waals surface area contributed by atoms with Gasteiger partial charge in [0.1, 0.15) is 5.83 Å². The van der Waals surface area contributed by atoms with E-state index in [-0.39, 0.29) is 6.42 Å². The van der Waals surface area contributed by atoms with E-state index in [1.165, 1.54) is 0 Å². The molecule has 0 aromatic rings. The molecule has 0 aliphatic rings. The molecule has 0 rings (SSSR count). The lowest BCUT2D eigenvalue weighted by atomic mass is 10.4. The summed E-state index contributed by atoms with van der Waals surface area (Å²) >= 11 is 0. The molecule has 8 heavy (non-hydrogen) atoms. The number of aliphatic carboxylic acids is 1. The van der Waals surface area contributed by atoms with Gasteiger partial charge in [0.05, 0.1) is 6.08 Å². The molecule has 0 saturated carbocycles. The third-order valence-corrected chi connectivity index (χ3v) is 0.618. The number of carbonyl (C=O) groups is 1. The molecule has 0 spiro atoms. The lowest BCUT2D eigenvalue weighted by Crippen LogP contribution is -1.87. The predicted octanol–water partition coefficient (Wildman–Crippen LogP) is 1.33. The maximum Gasteiger partial charge on any atom is 0.330 e. The third-order valence-electron chi connectivity index (χ3n) is 0.618. The smallest absolute Gasteiger partial charge is 0.330 e. The van der Waals surface area contributed by atoms with Crippen LogP contribution in [0, 0.1) is 0 Å². The first kappa shape index (κ1) is 7.14. The molecule has 0 aliphatic carbocycles. The Morgan fingerprint density at radius 1 is 1.88 bits per heavy atom. The van der Waals surface area contributed by atoms with Gasteiger partial charge in [-0.05, 0) is 6.42 Å². The van der Waals surface area contributed by atoms with E-state index in [1.54, 1.807) is 6.92 Å². The van der Waals surface area contributed by atoms with Crippen molar-refractivity contribution < 1.29 is 14.3 Å². The second-order valence-electron chi connectivity index (χ2n) is 1.28. The summed E-state index contributed by atoms with van der Waals surface area (Å²) in [6.07, 6.45) is 0.701.